The Kier molecular flexibility index (Phi) is 7.47. The summed E-state index contributed by atoms with van der Waals surface area (Å²) in [6, 6.07) is 7.97. The predicted molar refractivity (Wildman–Crippen MR) is 86.1 cm³/mol. The highest BCUT2D eigenvalue weighted by Gasteiger charge is 2.22. The highest BCUT2D eigenvalue weighted by Crippen LogP contribution is 2.09. The van der Waals surface area contributed by atoms with Gasteiger partial charge in [-0.15, -0.1) is 24.2 Å². The molecule has 0 radical (unpaired) electrons. The summed E-state index contributed by atoms with van der Waals surface area (Å²) in [6.07, 6.45) is 0. The third-order valence-corrected chi connectivity index (χ3v) is 5.22. The molecule has 0 saturated carbocycles. The van der Waals surface area contributed by atoms with Gasteiger partial charge in [0.2, 0.25) is 15.9 Å². The van der Waals surface area contributed by atoms with Crippen molar-refractivity contribution in [1.82, 2.24) is 15.4 Å². The number of rotatable bonds is 6. The second-order valence-electron chi connectivity index (χ2n) is 4.27. The Bertz CT molecular complexity index is 548. The smallest absolute Gasteiger partial charge is 0.240 e. The van der Waals surface area contributed by atoms with Gasteiger partial charge in [-0.3, -0.25) is 10.1 Å². The molecule has 1 amide bonds. The highest BCUT2D eigenvalue weighted by molar-refractivity contribution is 7.99. The molecule has 0 bridgehead atoms. The average molecular weight is 352 g/mol. The van der Waals surface area contributed by atoms with Crippen LogP contribution in [0.3, 0.4) is 0 Å². The van der Waals surface area contributed by atoms with E-state index < -0.39 is 10.0 Å². The molecule has 6 nitrogen and oxygen atoms in total. The van der Waals surface area contributed by atoms with Gasteiger partial charge in [0.25, 0.3) is 0 Å². The lowest BCUT2D eigenvalue weighted by molar-refractivity contribution is -0.122. The molecule has 1 atom stereocenters. The normalized spacial score (nSPS) is 18.0. The molecule has 1 saturated heterocycles. The number of sulfonamides is 1. The first-order chi connectivity index (χ1) is 9.59. The summed E-state index contributed by atoms with van der Waals surface area (Å²) in [5.74, 6) is 1.44. The van der Waals surface area contributed by atoms with Gasteiger partial charge in [-0.2, -0.15) is 0 Å². The molecule has 1 aromatic carbocycles. The van der Waals surface area contributed by atoms with Crippen molar-refractivity contribution in [3.05, 3.63) is 30.3 Å². The second-order valence-corrected chi connectivity index (χ2v) is 7.07. The number of thioether (sulfide) groups is 1. The maximum atomic E-state index is 11.9. The van der Waals surface area contributed by atoms with E-state index in [2.05, 4.69) is 15.4 Å². The molecule has 1 heterocycles. The van der Waals surface area contributed by atoms with Gasteiger partial charge in [-0.05, 0) is 12.1 Å². The lowest BCUT2D eigenvalue weighted by Gasteiger charge is -2.11. The third kappa shape index (κ3) is 5.48. The van der Waals surface area contributed by atoms with Crippen LogP contribution in [0.25, 0.3) is 0 Å². The fraction of sp³-hybridized carbons (Fsp3) is 0.417. The molecule has 1 aliphatic heterocycles. The van der Waals surface area contributed by atoms with Gasteiger partial charge < -0.3 is 5.32 Å². The molecule has 3 N–H and O–H groups in total. The Morgan fingerprint density at radius 1 is 1.29 bits per heavy atom. The average Bonchev–Trinajstić information content (AvgIpc) is 2.98. The van der Waals surface area contributed by atoms with Gasteiger partial charge in [-0.25, -0.2) is 13.1 Å². The summed E-state index contributed by atoms with van der Waals surface area (Å²) >= 11 is 1.67. The largest absolute Gasteiger partial charge is 0.353 e. The zero-order chi connectivity index (χ0) is 14.4. The lowest BCUT2D eigenvalue weighted by atomic mass is 10.3. The highest BCUT2D eigenvalue weighted by atomic mass is 35.5. The summed E-state index contributed by atoms with van der Waals surface area (Å²) in [6.45, 7) is 0.441. The standard InChI is InChI=1S/C12H17N3O3S2.ClH/c16-12(11-8-19-9-14-11)13-6-7-15-20(17,18)10-4-2-1-3-5-10;/h1-5,11,14-15H,6-9H2,(H,13,16);1H. The maximum absolute atomic E-state index is 11.9. The van der Waals surface area contributed by atoms with E-state index >= 15 is 0 Å². The molecular formula is C12H18ClN3O3S2. The number of hydrogen-bond acceptors (Lipinski definition) is 5. The van der Waals surface area contributed by atoms with Gasteiger partial charge in [0.05, 0.1) is 10.9 Å². The Morgan fingerprint density at radius 3 is 2.62 bits per heavy atom. The lowest BCUT2D eigenvalue weighted by Crippen LogP contribution is -2.44. The zero-order valence-corrected chi connectivity index (χ0v) is 13.7. The van der Waals surface area contributed by atoms with Crippen LogP contribution in [0.15, 0.2) is 35.2 Å². The molecule has 1 fully saturated rings. The van der Waals surface area contributed by atoms with Crippen molar-refractivity contribution in [3.8, 4) is 0 Å². The van der Waals surface area contributed by atoms with Gasteiger partial charge in [0.15, 0.2) is 0 Å². The first-order valence-electron chi connectivity index (χ1n) is 6.23. The minimum absolute atomic E-state index is 0. The Balaban J connectivity index is 0.00000220. The quantitative estimate of drug-likeness (QED) is 0.636. The number of halogens is 1. The molecule has 9 heteroatoms. The van der Waals surface area contributed by atoms with E-state index in [1.54, 1.807) is 30.0 Å². The summed E-state index contributed by atoms with van der Waals surface area (Å²) in [4.78, 5) is 11.9. The number of hydrogen-bond donors (Lipinski definition) is 3. The second kappa shape index (κ2) is 8.60. The number of carbonyl (C=O) groups excluding carboxylic acids is 1. The predicted octanol–water partition coefficient (Wildman–Crippen LogP) is 0.165. The van der Waals surface area contributed by atoms with Gasteiger partial charge >= 0.3 is 0 Å². The first-order valence-corrected chi connectivity index (χ1v) is 8.87. The minimum atomic E-state index is -3.50. The van der Waals surface area contributed by atoms with E-state index in [9.17, 15) is 13.2 Å². The van der Waals surface area contributed by atoms with Crippen molar-refractivity contribution in [2.75, 3.05) is 24.7 Å². The molecule has 21 heavy (non-hydrogen) atoms. The monoisotopic (exact) mass is 351 g/mol. The number of amides is 1. The van der Waals surface area contributed by atoms with Crippen molar-refractivity contribution in [1.29, 1.82) is 0 Å². The van der Waals surface area contributed by atoms with Crippen LogP contribution in [0.5, 0.6) is 0 Å². The van der Waals surface area contributed by atoms with Crippen LogP contribution in [0.1, 0.15) is 0 Å². The maximum Gasteiger partial charge on any atom is 0.240 e. The Labute approximate surface area is 134 Å². The Hall–Kier alpha value is -0.800. The molecule has 1 aromatic rings. The number of nitrogens with one attached hydrogen (secondary N) is 3. The zero-order valence-electron chi connectivity index (χ0n) is 11.2. The van der Waals surface area contributed by atoms with Crippen LogP contribution < -0.4 is 15.4 Å². The van der Waals surface area contributed by atoms with E-state index in [0.717, 1.165) is 11.6 Å². The summed E-state index contributed by atoms with van der Waals surface area (Å²) in [5.41, 5.74) is 0. The molecular weight excluding hydrogens is 334 g/mol. The van der Waals surface area contributed by atoms with Crippen LogP contribution in [0, 0.1) is 0 Å². The molecule has 1 aliphatic rings. The molecule has 0 aliphatic carbocycles. The fourth-order valence-electron chi connectivity index (χ4n) is 1.74. The van der Waals surface area contributed by atoms with Crippen LogP contribution in [0.4, 0.5) is 0 Å². The number of carbonyl (C=O) groups is 1. The fourth-order valence-corrected chi connectivity index (χ4v) is 3.74. The van der Waals surface area contributed by atoms with Crippen LogP contribution in [-0.2, 0) is 14.8 Å². The Morgan fingerprint density at radius 2 is 2.00 bits per heavy atom. The molecule has 118 valence electrons. The van der Waals surface area contributed by atoms with Crippen LogP contribution >= 0.6 is 24.2 Å². The van der Waals surface area contributed by atoms with E-state index in [4.69, 9.17) is 0 Å². The summed E-state index contributed by atoms with van der Waals surface area (Å²) in [7, 11) is -3.50. The number of benzene rings is 1. The SMILES string of the molecule is Cl.O=C(NCCNS(=O)(=O)c1ccccc1)C1CSCN1. The van der Waals surface area contributed by atoms with E-state index in [1.165, 1.54) is 12.1 Å². The van der Waals surface area contributed by atoms with Crippen LogP contribution in [-0.4, -0.2) is 45.1 Å². The molecule has 2 rings (SSSR count). The van der Waals surface area contributed by atoms with Crippen molar-refractivity contribution in [2.45, 2.75) is 10.9 Å². The third-order valence-electron chi connectivity index (χ3n) is 2.80. The molecule has 1 unspecified atom stereocenters. The van der Waals surface area contributed by atoms with Crippen molar-refractivity contribution in [3.63, 3.8) is 0 Å². The van der Waals surface area contributed by atoms with E-state index in [1.807, 2.05) is 0 Å². The van der Waals surface area contributed by atoms with Crippen molar-refractivity contribution in [2.24, 2.45) is 0 Å². The van der Waals surface area contributed by atoms with Gasteiger partial charge in [0.1, 0.15) is 0 Å². The molecule has 0 spiro atoms. The topological polar surface area (TPSA) is 87.3 Å². The van der Waals surface area contributed by atoms with Crippen molar-refractivity contribution < 1.29 is 13.2 Å². The minimum Gasteiger partial charge on any atom is -0.353 e. The summed E-state index contributed by atoms with van der Waals surface area (Å²) in [5, 5.41) is 5.76. The van der Waals surface area contributed by atoms with Crippen LogP contribution in [0.2, 0.25) is 0 Å². The van der Waals surface area contributed by atoms with E-state index in [-0.39, 0.29) is 42.3 Å². The van der Waals surface area contributed by atoms with Crippen molar-refractivity contribution >= 4 is 40.1 Å². The van der Waals surface area contributed by atoms with Gasteiger partial charge in [0, 0.05) is 24.7 Å². The molecule has 0 aromatic heterocycles. The van der Waals surface area contributed by atoms with Gasteiger partial charge in [-0.1, -0.05) is 18.2 Å². The summed E-state index contributed by atoms with van der Waals surface area (Å²) < 4.78 is 26.2. The first kappa shape index (κ1) is 18.2. The van der Waals surface area contributed by atoms with E-state index in [0.29, 0.717) is 0 Å².